The van der Waals surface area contributed by atoms with Crippen LogP contribution in [0.5, 0.6) is 0 Å². The Hall–Kier alpha value is -3.88. The first kappa shape index (κ1) is 23.8. The van der Waals surface area contributed by atoms with Crippen molar-refractivity contribution in [3.05, 3.63) is 95.9 Å². The average Bonchev–Trinajstić information content (AvgIpc) is 3.38. The van der Waals surface area contributed by atoms with Crippen LogP contribution in [0.25, 0.3) is 33.8 Å². The lowest BCUT2D eigenvalue weighted by atomic mass is 10.0. The summed E-state index contributed by atoms with van der Waals surface area (Å²) in [6.07, 6.45) is 0.314. The topological polar surface area (TPSA) is 80.7 Å². The fraction of sp³-hybridized carbons (Fsp3) is 0.107. The van der Waals surface area contributed by atoms with E-state index in [9.17, 15) is 4.79 Å². The van der Waals surface area contributed by atoms with E-state index in [1.807, 2.05) is 78.2 Å². The molecule has 8 heteroatoms. The Bertz CT molecular complexity index is 1450. The molecule has 0 aliphatic carbocycles. The SMILES string of the molecule is Cc1ccc(-c2csc(NC(=O)CCSc3nnc(-c4ccccc4)c(-c4ccccc4)n3)n2)cc1. The first-order chi connectivity index (χ1) is 17.7. The van der Waals surface area contributed by atoms with Crippen molar-refractivity contribution < 1.29 is 4.79 Å². The Morgan fingerprint density at radius 3 is 2.17 bits per heavy atom. The zero-order valence-corrected chi connectivity index (χ0v) is 21.2. The third-order valence-electron chi connectivity index (χ3n) is 5.42. The van der Waals surface area contributed by atoms with Crippen molar-refractivity contribution in [3.63, 3.8) is 0 Å². The Balaban J connectivity index is 1.23. The third-order valence-corrected chi connectivity index (χ3v) is 7.02. The number of amides is 1. The molecule has 0 bridgehead atoms. The van der Waals surface area contributed by atoms with Gasteiger partial charge in [-0.15, -0.1) is 21.5 Å². The van der Waals surface area contributed by atoms with E-state index in [2.05, 4.69) is 39.6 Å². The monoisotopic (exact) mass is 509 g/mol. The number of aryl methyl sites for hydroxylation is 1. The molecule has 0 radical (unpaired) electrons. The highest BCUT2D eigenvalue weighted by Gasteiger charge is 2.14. The number of thiazole rings is 1. The van der Waals surface area contributed by atoms with Crippen molar-refractivity contribution in [1.82, 2.24) is 20.2 Å². The predicted octanol–water partition coefficient (Wildman–Crippen LogP) is 6.76. The fourth-order valence-electron chi connectivity index (χ4n) is 3.56. The highest BCUT2D eigenvalue weighted by Crippen LogP contribution is 2.30. The second kappa shape index (κ2) is 11.2. The summed E-state index contributed by atoms with van der Waals surface area (Å²) < 4.78 is 0. The zero-order valence-electron chi connectivity index (χ0n) is 19.6. The average molecular weight is 510 g/mol. The molecule has 1 amide bonds. The van der Waals surface area contributed by atoms with Crippen LogP contribution in [0.3, 0.4) is 0 Å². The van der Waals surface area contributed by atoms with Gasteiger partial charge in [-0.1, -0.05) is 102 Å². The molecule has 2 aromatic heterocycles. The second-order valence-electron chi connectivity index (χ2n) is 8.07. The van der Waals surface area contributed by atoms with Crippen LogP contribution in [-0.4, -0.2) is 31.8 Å². The van der Waals surface area contributed by atoms with Gasteiger partial charge in [0.1, 0.15) is 11.4 Å². The number of carbonyl (C=O) groups excluding carboxylic acids is 1. The van der Waals surface area contributed by atoms with Gasteiger partial charge in [0.15, 0.2) is 5.13 Å². The highest BCUT2D eigenvalue weighted by molar-refractivity contribution is 7.99. The maximum Gasteiger partial charge on any atom is 0.226 e. The van der Waals surface area contributed by atoms with Gasteiger partial charge < -0.3 is 5.32 Å². The van der Waals surface area contributed by atoms with E-state index in [1.165, 1.54) is 28.7 Å². The summed E-state index contributed by atoms with van der Waals surface area (Å²) in [6, 6.07) is 28.0. The molecule has 36 heavy (non-hydrogen) atoms. The van der Waals surface area contributed by atoms with Crippen molar-refractivity contribution in [1.29, 1.82) is 0 Å². The van der Waals surface area contributed by atoms with E-state index in [-0.39, 0.29) is 5.91 Å². The van der Waals surface area contributed by atoms with Gasteiger partial charge in [-0.25, -0.2) is 9.97 Å². The second-order valence-corrected chi connectivity index (χ2v) is 9.99. The van der Waals surface area contributed by atoms with Gasteiger partial charge in [0.25, 0.3) is 0 Å². The normalized spacial score (nSPS) is 10.8. The number of thioether (sulfide) groups is 1. The smallest absolute Gasteiger partial charge is 0.226 e. The number of hydrogen-bond donors (Lipinski definition) is 1. The Morgan fingerprint density at radius 1 is 0.806 bits per heavy atom. The standard InChI is InChI=1S/C28H23N5OS2/c1-19-12-14-20(15-13-19)23-18-36-27(29-23)30-24(34)16-17-35-28-31-25(21-8-4-2-5-9-21)26(32-33-28)22-10-6-3-7-11-22/h2-15,18H,16-17H2,1H3,(H,29,30,34). The molecular formula is C28H23N5OS2. The summed E-state index contributed by atoms with van der Waals surface area (Å²) in [5, 5.41) is 14.8. The number of hydrogen-bond acceptors (Lipinski definition) is 7. The maximum atomic E-state index is 12.5. The molecule has 0 spiro atoms. The molecule has 6 nitrogen and oxygen atoms in total. The van der Waals surface area contributed by atoms with Gasteiger partial charge in [-0.05, 0) is 6.92 Å². The van der Waals surface area contributed by atoms with Gasteiger partial charge in [0, 0.05) is 34.2 Å². The fourth-order valence-corrected chi connectivity index (χ4v) is 5.03. The Labute approximate surface area is 217 Å². The van der Waals surface area contributed by atoms with Gasteiger partial charge in [0.2, 0.25) is 11.1 Å². The lowest BCUT2D eigenvalue weighted by Gasteiger charge is -2.09. The molecular weight excluding hydrogens is 486 g/mol. The van der Waals surface area contributed by atoms with Gasteiger partial charge >= 0.3 is 0 Å². The first-order valence-electron chi connectivity index (χ1n) is 11.5. The third kappa shape index (κ3) is 5.84. The molecule has 0 aliphatic rings. The van der Waals surface area contributed by atoms with Crippen LogP contribution < -0.4 is 5.32 Å². The van der Waals surface area contributed by atoms with E-state index in [1.54, 1.807) is 0 Å². The Kier molecular flexibility index (Phi) is 7.44. The van der Waals surface area contributed by atoms with Crippen LogP contribution in [-0.2, 0) is 4.79 Å². The quantitative estimate of drug-likeness (QED) is 0.233. The van der Waals surface area contributed by atoms with Crippen molar-refractivity contribution in [2.45, 2.75) is 18.5 Å². The summed E-state index contributed by atoms with van der Waals surface area (Å²) in [7, 11) is 0. The number of nitrogens with one attached hydrogen (secondary N) is 1. The van der Waals surface area contributed by atoms with Crippen molar-refractivity contribution in [3.8, 4) is 33.8 Å². The van der Waals surface area contributed by atoms with Crippen LogP contribution in [0.1, 0.15) is 12.0 Å². The molecule has 2 heterocycles. The van der Waals surface area contributed by atoms with Crippen LogP contribution in [0.4, 0.5) is 5.13 Å². The number of nitrogens with zero attached hydrogens (tertiary/aromatic N) is 4. The summed E-state index contributed by atoms with van der Waals surface area (Å²) in [5.41, 5.74) is 6.53. The maximum absolute atomic E-state index is 12.5. The lowest BCUT2D eigenvalue weighted by molar-refractivity contribution is -0.115. The van der Waals surface area contributed by atoms with Crippen molar-refractivity contribution >= 4 is 34.1 Å². The predicted molar refractivity (Wildman–Crippen MR) is 147 cm³/mol. The highest BCUT2D eigenvalue weighted by atomic mass is 32.2. The number of benzene rings is 3. The van der Waals surface area contributed by atoms with E-state index >= 15 is 0 Å². The molecule has 3 aromatic carbocycles. The van der Waals surface area contributed by atoms with E-state index in [0.717, 1.165) is 33.8 Å². The molecule has 0 saturated carbocycles. The minimum Gasteiger partial charge on any atom is -0.302 e. The molecule has 5 aromatic rings. The number of anilines is 1. The molecule has 0 atom stereocenters. The molecule has 5 rings (SSSR count). The van der Waals surface area contributed by atoms with Crippen molar-refractivity contribution in [2.75, 3.05) is 11.1 Å². The summed E-state index contributed by atoms with van der Waals surface area (Å²) in [4.78, 5) is 21.8. The largest absolute Gasteiger partial charge is 0.302 e. The van der Waals surface area contributed by atoms with Crippen LogP contribution in [0, 0.1) is 6.92 Å². The van der Waals surface area contributed by atoms with Crippen LogP contribution in [0.15, 0.2) is 95.5 Å². The molecule has 0 unspecified atom stereocenters. The Morgan fingerprint density at radius 2 is 1.47 bits per heavy atom. The summed E-state index contributed by atoms with van der Waals surface area (Å²) in [6.45, 7) is 2.05. The number of aromatic nitrogens is 4. The van der Waals surface area contributed by atoms with Gasteiger partial charge in [-0.2, -0.15) is 0 Å². The van der Waals surface area contributed by atoms with E-state index in [4.69, 9.17) is 4.98 Å². The number of carbonyl (C=O) groups is 1. The summed E-state index contributed by atoms with van der Waals surface area (Å²) >= 11 is 2.83. The lowest BCUT2D eigenvalue weighted by Crippen LogP contribution is -2.12. The molecule has 178 valence electrons. The van der Waals surface area contributed by atoms with Gasteiger partial charge in [-0.3, -0.25) is 4.79 Å². The van der Waals surface area contributed by atoms with Gasteiger partial charge in [0.05, 0.1) is 5.69 Å². The minimum absolute atomic E-state index is 0.0931. The van der Waals surface area contributed by atoms with Crippen LogP contribution >= 0.6 is 23.1 Å². The van der Waals surface area contributed by atoms with Crippen LogP contribution in [0.2, 0.25) is 0 Å². The summed E-state index contributed by atoms with van der Waals surface area (Å²) in [5.74, 6) is 0.437. The van der Waals surface area contributed by atoms with Crippen molar-refractivity contribution in [2.24, 2.45) is 0 Å². The van der Waals surface area contributed by atoms with E-state index < -0.39 is 0 Å². The number of rotatable bonds is 8. The first-order valence-corrected chi connectivity index (χ1v) is 13.3. The van der Waals surface area contributed by atoms with E-state index in [0.29, 0.717) is 22.5 Å². The molecule has 0 saturated heterocycles. The minimum atomic E-state index is -0.0931. The molecule has 0 fully saturated rings. The molecule has 0 aliphatic heterocycles. The molecule has 1 N–H and O–H groups in total. The zero-order chi connectivity index (χ0) is 24.7.